The molecular weight excluding hydrogens is 316 g/mol. The molecule has 0 aliphatic carbocycles. The molecule has 2 rings (SSSR count). The van der Waals surface area contributed by atoms with Crippen molar-refractivity contribution >= 4 is 5.97 Å². The van der Waals surface area contributed by atoms with Crippen molar-refractivity contribution in [3.8, 4) is 11.5 Å². The largest absolute Gasteiger partial charge is 0.496 e. The highest BCUT2D eigenvalue weighted by Crippen LogP contribution is 2.28. The molecule has 0 aliphatic rings. The second-order valence-electron chi connectivity index (χ2n) is 6.04. The fourth-order valence-electron chi connectivity index (χ4n) is 2.90. The summed E-state index contributed by atoms with van der Waals surface area (Å²) in [6, 6.07) is 9.88. The molecule has 25 heavy (non-hydrogen) atoms. The Morgan fingerprint density at radius 1 is 1.00 bits per heavy atom. The van der Waals surface area contributed by atoms with Crippen LogP contribution in [0.1, 0.15) is 34.7 Å². The molecule has 0 atom stereocenters. The number of ether oxygens (including phenoxy) is 3. The molecule has 0 radical (unpaired) electrons. The lowest BCUT2D eigenvalue weighted by atomic mass is 10.0. The first-order chi connectivity index (χ1) is 12.0. The quantitative estimate of drug-likeness (QED) is 0.709. The van der Waals surface area contributed by atoms with Gasteiger partial charge in [0.05, 0.1) is 20.6 Å². The number of hydrogen-bond acceptors (Lipinski definition) is 4. The van der Waals surface area contributed by atoms with Crippen molar-refractivity contribution in [3.05, 3.63) is 58.1 Å². The number of benzene rings is 2. The van der Waals surface area contributed by atoms with E-state index in [0.717, 1.165) is 28.9 Å². The van der Waals surface area contributed by atoms with Crippen LogP contribution in [0.15, 0.2) is 30.3 Å². The molecule has 0 spiro atoms. The summed E-state index contributed by atoms with van der Waals surface area (Å²) in [5, 5.41) is 0. The van der Waals surface area contributed by atoms with Crippen molar-refractivity contribution in [3.63, 3.8) is 0 Å². The first-order valence-corrected chi connectivity index (χ1v) is 8.44. The van der Waals surface area contributed by atoms with E-state index in [1.807, 2.05) is 25.1 Å². The van der Waals surface area contributed by atoms with Crippen LogP contribution in [-0.4, -0.2) is 20.2 Å². The van der Waals surface area contributed by atoms with Crippen molar-refractivity contribution in [1.82, 2.24) is 0 Å². The number of carbonyl (C=O) groups excluding carboxylic acids is 1. The molecule has 0 saturated carbocycles. The maximum Gasteiger partial charge on any atom is 0.309 e. The monoisotopic (exact) mass is 342 g/mol. The highest BCUT2D eigenvalue weighted by molar-refractivity contribution is 5.73. The van der Waals surface area contributed by atoms with Gasteiger partial charge in [-0.2, -0.15) is 0 Å². The molecule has 4 nitrogen and oxygen atoms in total. The molecule has 0 N–H and O–H groups in total. The van der Waals surface area contributed by atoms with E-state index in [1.54, 1.807) is 7.11 Å². The summed E-state index contributed by atoms with van der Waals surface area (Å²) in [6.45, 7) is 6.63. The summed E-state index contributed by atoms with van der Waals surface area (Å²) in [5.41, 5.74) is 5.37. The second kappa shape index (κ2) is 8.56. The molecule has 0 bridgehead atoms. The maximum absolute atomic E-state index is 11.7. The third-order valence-corrected chi connectivity index (χ3v) is 4.40. The van der Waals surface area contributed by atoms with Crippen molar-refractivity contribution in [2.45, 2.75) is 40.2 Å². The topological polar surface area (TPSA) is 44.8 Å². The molecule has 0 aromatic heterocycles. The molecule has 0 aliphatic heterocycles. The van der Waals surface area contributed by atoms with E-state index < -0.39 is 0 Å². The van der Waals surface area contributed by atoms with Gasteiger partial charge in [0.15, 0.2) is 0 Å². The molecule has 0 saturated heterocycles. The standard InChI is InChI=1S/C21H26O4/c1-6-16-10-15(3)20(11-14(16)2)25-13-18-17(12-21(22)24-5)8-7-9-19(18)23-4/h7-11H,6,12-13H2,1-5H3. The Hall–Kier alpha value is -2.49. The number of methoxy groups -OCH3 is 2. The average Bonchev–Trinajstić information content (AvgIpc) is 2.62. The number of esters is 1. The van der Waals surface area contributed by atoms with Crippen LogP contribution in [0.4, 0.5) is 0 Å². The van der Waals surface area contributed by atoms with Gasteiger partial charge in [-0.25, -0.2) is 0 Å². The van der Waals surface area contributed by atoms with Crippen molar-refractivity contribution in [1.29, 1.82) is 0 Å². The normalized spacial score (nSPS) is 10.4. The van der Waals surface area contributed by atoms with Crippen LogP contribution >= 0.6 is 0 Å². The van der Waals surface area contributed by atoms with Gasteiger partial charge in [0, 0.05) is 5.56 Å². The fraction of sp³-hybridized carbons (Fsp3) is 0.381. The first-order valence-electron chi connectivity index (χ1n) is 8.44. The van der Waals surface area contributed by atoms with Crippen LogP contribution in [0, 0.1) is 13.8 Å². The molecule has 0 heterocycles. The van der Waals surface area contributed by atoms with Gasteiger partial charge in [0.1, 0.15) is 18.1 Å². The zero-order chi connectivity index (χ0) is 18.4. The number of carbonyl (C=O) groups is 1. The summed E-state index contributed by atoms with van der Waals surface area (Å²) >= 11 is 0. The average molecular weight is 342 g/mol. The summed E-state index contributed by atoms with van der Waals surface area (Å²) in [5.74, 6) is 1.28. The third kappa shape index (κ3) is 4.53. The Bertz CT molecular complexity index is 750. The van der Waals surface area contributed by atoms with Crippen molar-refractivity contribution in [2.75, 3.05) is 14.2 Å². The van der Waals surface area contributed by atoms with Crippen LogP contribution in [-0.2, 0) is 29.0 Å². The van der Waals surface area contributed by atoms with Crippen LogP contribution in [0.2, 0.25) is 0 Å². The molecule has 134 valence electrons. The van der Waals surface area contributed by atoms with Crippen LogP contribution in [0.3, 0.4) is 0 Å². The van der Waals surface area contributed by atoms with Crippen molar-refractivity contribution < 1.29 is 19.0 Å². The molecule has 2 aromatic rings. The highest BCUT2D eigenvalue weighted by atomic mass is 16.5. The molecular formula is C21H26O4. The van der Waals surface area contributed by atoms with E-state index in [9.17, 15) is 4.79 Å². The van der Waals surface area contributed by atoms with Crippen LogP contribution < -0.4 is 9.47 Å². The first kappa shape index (κ1) is 18.8. The summed E-state index contributed by atoms with van der Waals surface area (Å²) in [6.07, 6.45) is 1.20. The molecule has 2 aromatic carbocycles. The lowest BCUT2D eigenvalue weighted by Crippen LogP contribution is -2.10. The summed E-state index contributed by atoms with van der Waals surface area (Å²) in [7, 11) is 3.01. The number of rotatable bonds is 7. The predicted molar refractivity (Wildman–Crippen MR) is 98.3 cm³/mol. The van der Waals surface area contributed by atoms with Gasteiger partial charge in [0.25, 0.3) is 0 Å². The van der Waals surface area contributed by atoms with Gasteiger partial charge in [-0.15, -0.1) is 0 Å². The van der Waals surface area contributed by atoms with Gasteiger partial charge in [-0.1, -0.05) is 25.1 Å². The predicted octanol–water partition coefficient (Wildman–Crippen LogP) is 4.17. The highest BCUT2D eigenvalue weighted by Gasteiger charge is 2.14. The van der Waals surface area contributed by atoms with E-state index in [1.165, 1.54) is 18.2 Å². The molecule has 0 fully saturated rings. The van der Waals surface area contributed by atoms with Gasteiger partial charge in [-0.3, -0.25) is 4.79 Å². The Morgan fingerprint density at radius 2 is 1.76 bits per heavy atom. The SMILES string of the molecule is CCc1cc(C)c(OCc2c(CC(=O)OC)cccc2OC)cc1C. The molecule has 0 unspecified atom stereocenters. The minimum atomic E-state index is -0.283. The lowest BCUT2D eigenvalue weighted by Gasteiger charge is -2.16. The lowest BCUT2D eigenvalue weighted by molar-refractivity contribution is -0.139. The van der Waals surface area contributed by atoms with Crippen LogP contribution in [0.25, 0.3) is 0 Å². The fourth-order valence-corrected chi connectivity index (χ4v) is 2.90. The van der Waals surface area contributed by atoms with E-state index in [4.69, 9.17) is 14.2 Å². The van der Waals surface area contributed by atoms with E-state index in [-0.39, 0.29) is 12.4 Å². The summed E-state index contributed by atoms with van der Waals surface area (Å²) < 4.78 is 16.3. The molecule has 4 heteroatoms. The van der Waals surface area contributed by atoms with Crippen molar-refractivity contribution in [2.24, 2.45) is 0 Å². The minimum Gasteiger partial charge on any atom is -0.496 e. The van der Waals surface area contributed by atoms with Crippen LogP contribution in [0.5, 0.6) is 11.5 Å². The zero-order valence-electron chi connectivity index (χ0n) is 15.6. The van der Waals surface area contributed by atoms with Gasteiger partial charge < -0.3 is 14.2 Å². The third-order valence-electron chi connectivity index (χ3n) is 4.40. The zero-order valence-corrected chi connectivity index (χ0v) is 15.6. The second-order valence-corrected chi connectivity index (χ2v) is 6.04. The van der Waals surface area contributed by atoms with E-state index in [2.05, 4.69) is 26.0 Å². The Balaban J connectivity index is 2.28. The maximum atomic E-state index is 11.7. The number of aryl methyl sites for hydroxylation is 3. The minimum absolute atomic E-state index is 0.194. The number of hydrogen-bond donors (Lipinski definition) is 0. The summed E-state index contributed by atoms with van der Waals surface area (Å²) in [4.78, 5) is 11.7. The van der Waals surface area contributed by atoms with Gasteiger partial charge in [0.2, 0.25) is 0 Å². The van der Waals surface area contributed by atoms with Gasteiger partial charge in [-0.05, 0) is 54.7 Å². The van der Waals surface area contributed by atoms with E-state index >= 15 is 0 Å². The Morgan fingerprint density at radius 3 is 2.40 bits per heavy atom. The smallest absolute Gasteiger partial charge is 0.309 e. The Labute approximate surface area is 149 Å². The van der Waals surface area contributed by atoms with E-state index in [0.29, 0.717) is 12.4 Å². The Kier molecular flexibility index (Phi) is 6.45. The molecule has 0 amide bonds. The van der Waals surface area contributed by atoms with Gasteiger partial charge >= 0.3 is 5.97 Å².